The van der Waals surface area contributed by atoms with Crippen molar-refractivity contribution >= 4 is 35.9 Å². The number of fused-ring (bicyclic) bond motifs is 1. The number of amides is 1. The molecule has 1 saturated heterocycles. The number of likely N-dealkylation sites (tertiary alicyclic amines) is 1. The van der Waals surface area contributed by atoms with Gasteiger partial charge in [0, 0.05) is 31.3 Å². The minimum Gasteiger partial charge on any atom is -0.407 e. The van der Waals surface area contributed by atoms with Gasteiger partial charge in [0.2, 0.25) is 12.1 Å². The molecule has 2 aromatic rings. The van der Waals surface area contributed by atoms with Gasteiger partial charge in [-0.15, -0.1) is 0 Å². The lowest BCUT2D eigenvalue weighted by Crippen LogP contribution is -2.30. The zero-order valence-electron chi connectivity index (χ0n) is 21.4. The average Bonchev–Trinajstić information content (AvgIpc) is 3.35. The summed E-state index contributed by atoms with van der Waals surface area (Å²) in [6, 6.07) is 16.5. The largest absolute Gasteiger partial charge is 0.407 e. The predicted molar refractivity (Wildman–Crippen MR) is 150 cm³/mol. The summed E-state index contributed by atoms with van der Waals surface area (Å²) in [5.41, 5.74) is 9.26. The van der Waals surface area contributed by atoms with E-state index in [1.807, 2.05) is 60.4 Å². The van der Waals surface area contributed by atoms with E-state index < -0.39 is 12.1 Å². The molecule has 38 heavy (non-hydrogen) atoms. The van der Waals surface area contributed by atoms with Gasteiger partial charge in [-0.3, -0.25) is 10.2 Å². The fourth-order valence-corrected chi connectivity index (χ4v) is 4.35. The Balaban J connectivity index is 1.64. The Morgan fingerprint density at radius 3 is 2.66 bits per heavy atom. The summed E-state index contributed by atoms with van der Waals surface area (Å²) in [5, 5.41) is 11.4. The Bertz CT molecular complexity index is 1330. The molecule has 196 valence electrons. The molecule has 2 aromatic carbocycles. The van der Waals surface area contributed by atoms with Crippen molar-refractivity contribution in [1.29, 1.82) is 5.41 Å². The van der Waals surface area contributed by atoms with E-state index in [4.69, 9.17) is 20.6 Å². The van der Waals surface area contributed by atoms with E-state index >= 15 is 0 Å². The molecular formula is C28H31N7O3. The van der Waals surface area contributed by atoms with Crippen LogP contribution in [0.15, 0.2) is 93.1 Å². The first-order valence-corrected chi connectivity index (χ1v) is 12.2. The van der Waals surface area contributed by atoms with E-state index in [2.05, 4.69) is 27.0 Å². The second-order valence-corrected chi connectivity index (χ2v) is 8.64. The summed E-state index contributed by atoms with van der Waals surface area (Å²) in [5.74, 6) is -0.272. The molecule has 2 unspecified atom stereocenters. The quantitative estimate of drug-likeness (QED) is 0.296. The molecular weight excluding hydrogens is 482 g/mol. The summed E-state index contributed by atoms with van der Waals surface area (Å²) in [6.45, 7) is 6.82. The number of hydrogen-bond donors (Lipinski definition) is 3. The van der Waals surface area contributed by atoms with Crippen LogP contribution < -0.4 is 11.1 Å². The van der Waals surface area contributed by atoms with Crippen LogP contribution in [0, 0.1) is 5.41 Å². The lowest BCUT2D eigenvalue weighted by molar-refractivity contribution is -0.117. The average molecular weight is 514 g/mol. The van der Waals surface area contributed by atoms with Crippen molar-refractivity contribution in [3.63, 3.8) is 0 Å². The number of amidine groups is 1. The van der Waals surface area contributed by atoms with Gasteiger partial charge < -0.3 is 25.4 Å². The molecule has 10 heteroatoms. The summed E-state index contributed by atoms with van der Waals surface area (Å²) in [6.07, 6.45) is 3.13. The fraction of sp³-hybridized carbons (Fsp3) is 0.250. The van der Waals surface area contributed by atoms with Gasteiger partial charge in [-0.25, -0.2) is 9.98 Å². The maximum Gasteiger partial charge on any atom is 0.291 e. The number of carbonyl (C=O) groups excluding carboxylic acids is 1. The van der Waals surface area contributed by atoms with Crippen molar-refractivity contribution in [3.05, 3.63) is 89.3 Å². The molecule has 4 rings (SSSR count). The van der Waals surface area contributed by atoms with E-state index in [9.17, 15) is 4.79 Å². The number of benzodiazepines with no additional fused rings is 1. The van der Waals surface area contributed by atoms with Crippen LogP contribution >= 0.6 is 0 Å². The van der Waals surface area contributed by atoms with Crippen molar-refractivity contribution in [3.8, 4) is 0 Å². The molecule has 0 radical (unpaired) electrons. The number of nitrogens with one attached hydrogen (secondary N) is 2. The number of allylic oxidation sites excluding steroid dienone is 1. The minimum atomic E-state index is -1.22. The Hall–Kier alpha value is -4.57. The maximum atomic E-state index is 13.0. The van der Waals surface area contributed by atoms with Gasteiger partial charge in [0.1, 0.15) is 5.82 Å². The number of aliphatic imine (C=N–C) groups is 3. The highest BCUT2D eigenvalue weighted by Crippen LogP contribution is 2.25. The second kappa shape index (κ2) is 12.1. The van der Waals surface area contributed by atoms with Crippen LogP contribution in [0.2, 0.25) is 0 Å². The Morgan fingerprint density at radius 2 is 1.97 bits per heavy atom. The number of rotatable bonds is 7. The zero-order chi connectivity index (χ0) is 27.1. The van der Waals surface area contributed by atoms with Crippen LogP contribution in [0.25, 0.3) is 0 Å². The predicted octanol–water partition coefficient (Wildman–Crippen LogP) is 3.32. The Morgan fingerprint density at radius 1 is 1.24 bits per heavy atom. The summed E-state index contributed by atoms with van der Waals surface area (Å²) in [7, 11) is 1.67. The van der Waals surface area contributed by atoms with Gasteiger partial charge in [0.05, 0.1) is 23.1 Å². The number of para-hydroxylation sites is 1. The van der Waals surface area contributed by atoms with Gasteiger partial charge in [0.15, 0.2) is 0 Å². The Kier molecular flexibility index (Phi) is 8.44. The number of carbonyl (C=O) groups is 1. The van der Waals surface area contributed by atoms with Gasteiger partial charge in [-0.2, -0.15) is 4.99 Å². The number of hydrogen-bond acceptors (Lipinski definition) is 8. The monoisotopic (exact) mass is 513 g/mol. The van der Waals surface area contributed by atoms with Crippen LogP contribution in [-0.4, -0.2) is 67.6 Å². The molecule has 2 heterocycles. The molecule has 0 saturated carbocycles. The molecule has 10 nitrogen and oxygen atoms in total. The number of nitrogens with zero attached hydrogens (tertiary/aromatic N) is 4. The van der Waals surface area contributed by atoms with Crippen molar-refractivity contribution in [2.75, 3.05) is 25.5 Å². The number of ether oxygens (including phenoxy) is 2. The third kappa shape index (κ3) is 5.87. The lowest BCUT2D eigenvalue weighted by atomic mass is 10.0. The van der Waals surface area contributed by atoms with Gasteiger partial charge in [-0.05, 0) is 26.1 Å². The maximum absolute atomic E-state index is 13.0. The van der Waals surface area contributed by atoms with Gasteiger partial charge >= 0.3 is 0 Å². The zero-order valence-corrected chi connectivity index (χ0v) is 21.4. The highest BCUT2D eigenvalue weighted by atomic mass is 16.5. The standard InChI is InChI=1S/C28H31N7O3/c1-4-10-21(26(31-2)35-16-15-19(17-35)37-3)24(29)38-28(30)34-25-27(36)32-22-14-9-8-13-20(22)23(33-25)18-11-6-5-7-12-18/h4-14,19,25,29H,2,15-17H2,1,3H3,(H2,30,34)(H,32,36)/b10-4-,26-21-,29-24?. The van der Waals surface area contributed by atoms with Crippen molar-refractivity contribution in [2.24, 2.45) is 20.7 Å². The van der Waals surface area contributed by atoms with E-state index in [-0.39, 0.29) is 18.0 Å². The number of nitrogens with two attached hydrogens (primary N) is 1. The van der Waals surface area contributed by atoms with E-state index in [0.717, 1.165) is 17.5 Å². The van der Waals surface area contributed by atoms with Crippen LogP contribution in [0.1, 0.15) is 24.5 Å². The van der Waals surface area contributed by atoms with Gasteiger partial charge in [0.25, 0.3) is 11.9 Å². The van der Waals surface area contributed by atoms with Crippen LogP contribution in [0.4, 0.5) is 5.69 Å². The smallest absolute Gasteiger partial charge is 0.291 e. The number of anilines is 1. The molecule has 0 aliphatic carbocycles. The minimum absolute atomic E-state index is 0.0647. The van der Waals surface area contributed by atoms with Crippen LogP contribution in [0.3, 0.4) is 0 Å². The topological polar surface area (TPSA) is 138 Å². The molecule has 0 aromatic heterocycles. The third-order valence-corrected chi connectivity index (χ3v) is 6.18. The normalized spacial score (nSPS) is 20.3. The van der Waals surface area contributed by atoms with E-state index in [0.29, 0.717) is 35.9 Å². The van der Waals surface area contributed by atoms with Crippen molar-refractivity contribution in [2.45, 2.75) is 25.6 Å². The van der Waals surface area contributed by atoms with Crippen LogP contribution in [-0.2, 0) is 14.3 Å². The van der Waals surface area contributed by atoms with E-state index in [1.54, 1.807) is 25.3 Å². The van der Waals surface area contributed by atoms with Crippen LogP contribution in [0.5, 0.6) is 0 Å². The molecule has 0 spiro atoms. The number of methoxy groups -OCH3 is 1. The first-order valence-electron chi connectivity index (χ1n) is 12.2. The number of benzene rings is 2. The molecule has 2 aliphatic heterocycles. The van der Waals surface area contributed by atoms with Crippen molar-refractivity contribution in [1.82, 2.24) is 4.90 Å². The third-order valence-electron chi connectivity index (χ3n) is 6.18. The highest BCUT2D eigenvalue weighted by Gasteiger charge is 2.28. The highest BCUT2D eigenvalue weighted by molar-refractivity contribution is 6.19. The first kappa shape index (κ1) is 26.5. The fourth-order valence-electron chi connectivity index (χ4n) is 4.35. The van der Waals surface area contributed by atoms with Gasteiger partial charge in [-0.1, -0.05) is 60.7 Å². The first-order chi connectivity index (χ1) is 18.4. The molecule has 0 bridgehead atoms. The molecule has 1 amide bonds. The SMILES string of the molecule is C=N/C(=C(\C=C/C)C(=N)O/C(N)=N/C1N=C(c2ccccc2)c2ccccc2NC1=O)N1CCC(OC)C1. The molecule has 2 aliphatic rings. The van der Waals surface area contributed by atoms with Crippen molar-refractivity contribution < 1.29 is 14.3 Å². The molecule has 4 N–H and O–H groups in total. The lowest BCUT2D eigenvalue weighted by Gasteiger charge is -2.21. The Labute approximate surface area is 221 Å². The summed E-state index contributed by atoms with van der Waals surface area (Å²) < 4.78 is 11.0. The van der Waals surface area contributed by atoms with E-state index in [1.165, 1.54) is 0 Å². The molecule has 2 atom stereocenters. The summed E-state index contributed by atoms with van der Waals surface area (Å²) >= 11 is 0. The second-order valence-electron chi connectivity index (χ2n) is 8.64. The molecule has 1 fully saturated rings. The summed E-state index contributed by atoms with van der Waals surface area (Å²) in [4.78, 5) is 28.1.